The van der Waals surface area contributed by atoms with Crippen LogP contribution in [-0.4, -0.2) is 39.4 Å². The van der Waals surface area contributed by atoms with Gasteiger partial charge in [-0.25, -0.2) is 4.98 Å². The van der Waals surface area contributed by atoms with Crippen LogP contribution < -0.4 is 4.74 Å². The van der Waals surface area contributed by atoms with Crippen LogP contribution in [0.3, 0.4) is 0 Å². The predicted octanol–water partition coefficient (Wildman–Crippen LogP) is 2.99. The molecule has 0 fully saturated rings. The summed E-state index contributed by atoms with van der Waals surface area (Å²) in [6.07, 6.45) is -0.784. The van der Waals surface area contributed by atoms with E-state index in [0.717, 1.165) is 0 Å². The summed E-state index contributed by atoms with van der Waals surface area (Å²) in [5.41, 5.74) is -3.68. The van der Waals surface area contributed by atoms with Gasteiger partial charge in [0.05, 0.1) is 46.7 Å². The average Bonchev–Trinajstić information content (AvgIpc) is 3.17. The van der Waals surface area contributed by atoms with Crippen LogP contribution in [0.1, 0.15) is 31.4 Å². The molecule has 1 N–H and O–H groups in total. The number of aromatic amines is 1. The molecule has 2 heterocycles. The van der Waals surface area contributed by atoms with Crippen LogP contribution in [0.5, 0.6) is 5.75 Å². The largest absolute Gasteiger partial charge is 0.493 e. The summed E-state index contributed by atoms with van der Waals surface area (Å²) in [6, 6.07) is 5.94. The Labute approximate surface area is 163 Å². The lowest BCUT2D eigenvalue weighted by Crippen LogP contribution is -2.06. The van der Waals surface area contributed by atoms with Crippen LogP contribution >= 0.6 is 0 Å². The Bertz CT molecular complexity index is 1210. The van der Waals surface area contributed by atoms with E-state index in [1.165, 1.54) is 0 Å². The van der Waals surface area contributed by atoms with E-state index in [1.54, 1.807) is 24.3 Å². The Hall–Kier alpha value is -2.25. The lowest BCUT2D eigenvalue weighted by molar-refractivity contribution is 0.172. The molecule has 1 aromatic carbocycles. The zero-order chi connectivity index (χ0) is 26.2. The highest BCUT2D eigenvalue weighted by Gasteiger charge is 2.14. The van der Waals surface area contributed by atoms with Crippen LogP contribution in [-0.2, 0) is 21.2 Å². The fourth-order valence-corrected chi connectivity index (χ4v) is 2.81. The molecule has 0 aliphatic rings. The Morgan fingerprint density at radius 1 is 1.40 bits per heavy atom. The average molecular weight is 370 g/mol. The molecule has 0 saturated carbocycles. The Morgan fingerprint density at radius 3 is 3.16 bits per heavy atom. The van der Waals surface area contributed by atoms with Gasteiger partial charge >= 0.3 is 0 Å². The molecule has 3 aromatic rings. The molecule has 0 bridgehead atoms. The summed E-state index contributed by atoms with van der Waals surface area (Å²) in [7, 11) is -5.22. The number of para-hydroxylation sites is 2. The molecule has 0 aliphatic carbocycles. The van der Waals surface area contributed by atoms with Gasteiger partial charge in [0.15, 0.2) is 5.16 Å². The van der Waals surface area contributed by atoms with E-state index in [-0.39, 0.29) is 24.8 Å². The maximum absolute atomic E-state index is 13.2. The van der Waals surface area contributed by atoms with Gasteiger partial charge in [-0.1, -0.05) is 12.1 Å². The molecule has 0 radical (unpaired) electrons. The number of aromatic nitrogens is 3. The molecule has 132 valence electrons. The van der Waals surface area contributed by atoms with Crippen LogP contribution in [0.4, 0.5) is 0 Å². The van der Waals surface area contributed by atoms with Gasteiger partial charge in [-0.05, 0) is 25.0 Å². The summed E-state index contributed by atoms with van der Waals surface area (Å²) in [5.74, 6) is -0.626. The highest BCUT2D eigenvalue weighted by molar-refractivity contribution is 7.84. The Kier molecular flexibility index (Phi) is 2.93. The molecule has 3 rings (SSSR count). The molecule has 6 nitrogen and oxygen atoms in total. The first kappa shape index (κ1) is 8.91. The molecular weight excluding hydrogens is 338 g/mol. The van der Waals surface area contributed by atoms with Gasteiger partial charge < -0.3 is 14.5 Å². The zero-order valence-corrected chi connectivity index (χ0v) is 13.8. The van der Waals surface area contributed by atoms with Gasteiger partial charge in [0.1, 0.15) is 5.75 Å². The second-order valence-electron chi connectivity index (χ2n) is 4.88. The van der Waals surface area contributed by atoms with Crippen molar-refractivity contribution in [2.24, 2.45) is 0 Å². The lowest BCUT2D eigenvalue weighted by atomic mass is 10.2. The quantitative estimate of drug-likeness (QED) is 0.618. The number of fused-ring (bicyclic) bond motifs is 1. The smallest absolute Gasteiger partial charge is 0.197 e. The van der Waals surface area contributed by atoms with Gasteiger partial charge in [0, 0.05) is 38.7 Å². The Balaban J connectivity index is 2.02. The van der Waals surface area contributed by atoms with Gasteiger partial charge in [-0.2, -0.15) is 0 Å². The van der Waals surface area contributed by atoms with E-state index >= 15 is 0 Å². The molecule has 1 unspecified atom stereocenters. The number of methoxy groups -OCH3 is 1. The normalized spacial score (nSPS) is 19.8. The number of ether oxygens (including phenoxy) is 2. The molecule has 25 heavy (non-hydrogen) atoms. The number of pyridine rings is 1. The minimum atomic E-state index is -3.05. The van der Waals surface area contributed by atoms with Crippen LogP contribution in [0.15, 0.2) is 41.6 Å². The lowest BCUT2D eigenvalue weighted by Gasteiger charge is -2.11. The molecule has 0 amide bonds. The molecule has 0 aliphatic heterocycles. The van der Waals surface area contributed by atoms with E-state index in [4.69, 9.17) is 18.4 Å². The maximum atomic E-state index is 13.2. The number of rotatable bonds is 8. The standard InChI is InChI=1S/C18H21N3O3S/c1-13-16(19-9-8-17(13)24-11-5-10-23-2)12-25(22)18-20-14-6-3-4-7-15(14)21-18/h3-4,6-9H,5,10-12H2,1-2H3,(H,20,21)/i1D3,2D3,8D,9D,12D2. The molecule has 1 atom stereocenters. The van der Waals surface area contributed by atoms with Crippen molar-refractivity contribution in [2.75, 3.05) is 20.3 Å². The second-order valence-corrected chi connectivity index (χ2v) is 6.01. The van der Waals surface area contributed by atoms with Crippen molar-refractivity contribution in [2.45, 2.75) is 24.1 Å². The molecule has 2 aromatic heterocycles. The zero-order valence-electron chi connectivity index (χ0n) is 23.0. The SMILES string of the molecule is [2H]c1nc(C([2H])([2H])S(=O)c2nc3ccccc3[nH]2)c(C([2H])([2H])[2H])c(OCCCOC([2H])([2H])[2H])c1[2H]. The number of nitrogens with one attached hydrogen (secondary N) is 1. The summed E-state index contributed by atoms with van der Waals surface area (Å²) in [4.78, 5) is 10.5. The van der Waals surface area contributed by atoms with E-state index in [2.05, 4.69) is 19.7 Å². The van der Waals surface area contributed by atoms with Crippen LogP contribution in [0, 0.1) is 6.85 Å². The minimum Gasteiger partial charge on any atom is -0.493 e. The highest BCUT2D eigenvalue weighted by Crippen LogP contribution is 2.22. The number of hydrogen-bond acceptors (Lipinski definition) is 5. The second kappa shape index (κ2) is 8.22. The van der Waals surface area contributed by atoms with Crippen LogP contribution in [0.25, 0.3) is 11.0 Å². The van der Waals surface area contributed by atoms with Crippen molar-refractivity contribution < 1.29 is 27.4 Å². The van der Waals surface area contributed by atoms with Gasteiger partial charge in [-0.3, -0.25) is 9.19 Å². The predicted molar refractivity (Wildman–Crippen MR) is 97.2 cm³/mol. The fourth-order valence-electron chi connectivity index (χ4n) is 2.00. The molecule has 0 spiro atoms. The van der Waals surface area contributed by atoms with Gasteiger partial charge in [-0.15, -0.1) is 0 Å². The topological polar surface area (TPSA) is 77.1 Å². The first-order valence-electron chi connectivity index (χ1n) is 12.3. The summed E-state index contributed by atoms with van der Waals surface area (Å²) in [6.45, 7) is -3.60. The van der Waals surface area contributed by atoms with Crippen molar-refractivity contribution in [1.29, 1.82) is 0 Å². The molecule has 7 heteroatoms. The van der Waals surface area contributed by atoms with Crippen molar-refractivity contribution in [3.8, 4) is 5.75 Å². The molecule has 0 saturated heterocycles. The number of hydrogen-bond donors (Lipinski definition) is 1. The monoisotopic (exact) mass is 369 g/mol. The van der Waals surface area contributed by atoms with E-state index in [1.807, 2.05) is 0 Å². The molecular formula is C18H21N3O3S. The van der Waals surface area contributed by atoms with Crippen LogP contribution in [0.2, 0.25) is 0 Å². The first-order chi connectivity index (χ1) is 16.1. The first-order valence-corrected chi connectivity index (χ1v) is 8.43. The van der Waals surface area contributed by atoms with Gasteiger partial charge in [0.2, 0.25) is 0 Å². The maximum Gasteiger partial charge on any atom is 0.197 e. The van der Waals surface area contributed by atoms with E-state index < -0.39 is 59.6 Å². The number of imidazole rings is 1. The highest BCUT2D eigenvalue weighted by atomic mass is 32.2. The minimum absolute atomic E-state index is 0.00106. The Morgan fingerprint density at radius 2 is 2.32 bits per heavy atom. The third kappa shape index (κ3) is 4.24. The third-order valence-corrected chi connectivity index (χ3v) is 4.09. The van der Waals surface area contributed by atoms with E-state index in [0.29, 0.717) is 11.0 Å². The number of H-pyrrole nitrogens is 1. The number of benzene rings is 1. The van der Waals surface area contributed by atoms with Crippen molar-refractivity contribution in [3.05, 3.63) is 47.7 Å². The summed E-state index contributed by atoms with van der Waals surface area (Å²) < 4.78 is 101. The van der Waals surface area contributed by atoms with E-state index in [9.17, 15) is 4.21 Å². The van der Waals surface area contributed by atoms with Crippen molar-refractivity contribution >= 4 is 21.8 Å². The summed E-state index contributed by atoms with van der Waals surface area (Å²) in [5, 5.41) is -0.264. The van der Waals surface area contributed by atoms with Gasteiger partial charge in [0.25, 0.3) is 0 Å². The van der Waals surface area contributed by atoms with Crippen molar-refractivity contribution in [1.82, 2.24) is 15.0 Å². The number of nitrogens with zero attached hydrogens (tertiary/aromatic N) is 2. The third-order valence-electron chi connectivity index (χ3n) is 3.17. The summed E-state index contributed by atoms with van der Waals surface area (Å²) >= 11 is 0. The fraction of sp³-hybridized carbons (Fsp3) is 0.333. The van der Waals surface area contributed by atoms with Crippen molar-refractivity contribution in [3.63, 3.8) is 0 Å².